The molecule has 2 N–H and O–H groups in total. The van der Waals surface area contributed by atoms with Gasteiger partial charge in [-0.1, -0.05) is 30.3 Å². The second kappa shape index (κ2) is 7.79. The topological polar surface area (TPSA) is 84.9 Å². The lowest BCUT2D eigenvalue weighted by Gasteiger charge is -2.23. The Balaban J connectivity index is 2.43. The second-order valence-electron chi connectivity index (χ2n) is 5.97. The van der Waals surface area contributed by atoms with Crippen LogP contribution >= 0.6 is 0 Å². The van der Waals surface area contributed by atoms with Crippen molar-refractivity contribution in [2.75, 3.05) is 0 Å². The van der Waals surface area contributed by atoms with E-state index in [1.54, 1.807) is 20.8 Å². The Morgan fingerprint density at radius 2 is 1.82 bits per heavy atom. The van der Waals surface area contributed by atoms with Crippen LogP contribution in [0.25, 0.3) is 0 Å². The maximum absolute atomic E-state index is 11.8. The summed E-state index contributed by atoms with van der Waals surface area (Å²) >= 11 is 0. The van der Waals surface area contributed by atoms with E-state index in [1.807, 2.05) is 30.3 Å². The highest BCUT2D eigenvalue weighted by molar-refractivity contribution is 5.77. The molecule has 1 rings (SSSR count). The zero-order chi connectivity index (χ0) is 16.8. The van der Waals surface area contributed by atoms with Gasteiger partial charge in [0.2, 0.25) is 0 Å². The molecule has 6 nitrogen and oxygen atoms in total. The van der Waals surface area contributed by atoms with Gasteiger partial charge >= 0.3 is 12.1 Å². The molecule has 0 aliphatic carbocycles. The number of aliphatic hydroxyl groups is 1. The first-order valence-electron chi connectivity index (χ1n) is 7.07. The molecular weight excluding hydrogens is 286 g/mol. The number of hydrogen-bond donors (Lipinski definition) is 2. The fraction of sp³-hybridized carbons (Fsp3) is 0.500. The number of carbonyl (C=O) groups is 2. The molecule has 1 amide bonds. The van der Waals surface area contributed by atoms with Crippen molar-refractivity contribution in [2.45, 2.75) is 52.0 Å². The van der Waals surface area contributed by atoms with Crippen LogP contribution in [0.1, 0.15) is 33.3 Å². The van der Waals surface area contributed by atoms with Crippen LogP contribution in [0.2, 0.25) is 0 Å². The number of ether oxygens (including phenoxy) is 2. The molecular formula is C16H23NO5. The van der Waals surface area contributed by atoms with E-state index in [2.05, 4.69) is 5.32 Å². The van der Waals surface area contributed by atoms with Gasteiger partial charge in [-0.25, -0.2) is 9.59 Å². The minimum absolute atomic E-state index is 0.0654. The van der Waals surface area contributed by atoms with E-state index >= 15 is 0 Å². The minimum Gasteiger partial charge on any atom is -0.459 e. The van der Waals surface area contributed by atoms with Crippen LogP contribution in [-0.2, 0) is 20.9 Å². The maximum atomic E-state index is 11.8. The zero-order valence-corrected chi connectivity index (χ0v) is 13.3. The number of carbonyl (C=O) groups excluding carboxylic acids is 2. The smallest absolute Gasteiger partial charge is 0.407 e. The third-order valence-electron chi connectivity index (χ3n) is 2.68. The first kappa shape index (κ1) is 18.0. The lowest BCUT2D eigenvalue weighted by atomic mass is 10.2. The van der Waals surface area contributed by atoms with E-state index in [9.17, 15) is 14.7 Å². The van der Waals surface area contributed by atoms with Crippen molar-refractivity contribution < 1.29 is 24.2 Å². The summed E-state index contributed by atoms with van der Waals surface area (Å²) in [5, 5.41) is 12.3. The Bertz CT molecular complexity index is 495. The van der Waals surface area contributed by atoms with Gasteiger partial charge in [0.15, 0.2) is 6.10 Å². The number of benzene rings is 1. The lowest BCUT2D eigenvalue weighted by Crippen LogP contribution is -2.47. The van der Waals surface area contributed by atoms with Gasteiger partial charge in [0.25, 0.3) is 0 Å². The van der Waals surface area contributed by atoms with E-state index in [0.717, 1.165) is 5.56 Å². The number of amides is 1. The molecule has 0 saturated carbocycles. The third-order valence-corrected chi connectivity index (χ3v) is 2.68. The highest BCUT2D eigenvalue weighted by atomic mass is 16.6. The van der Waals surface area contributed by atoms with E-state index in [1.165, 1.54) is 6.92 Å². The first-order valence-corrected chi connectivity index (χ1v) is 7.07. The average molecular weight is 309 g/mol. The molecule has 0 heterocycles. The fourth-order valence-corrected chi connectivity index (χ4v) is 1.59. The summed E-state index contributed by atoms with van der Waals surface area (Å²) < 4.78 is 10.1. The molecule has 0 radical (unpaired) electrons. The Kier molecular flexibility index (Phi) is 6.37. The number of alkyl carbamates (subject to hydrolysis) is 1. The van der Waals surface area contributed by atoms with Gasteiger partial charge in [0.1, 0.15) is 12.2 Å². The summed E-state index contributed by atoms with van der Waals surface area (Å²) in [4.78, 5) is 23.3. The van der Waals surface area contributed by atoms with Crippen molar-refractivity contribution in [1.29, 1.82) is 0 Å². The van der Waals surface area contributed by atoms with Crippen LogP contribution in [-0.4, -0.2) is 34.9 Å². The first-order chi connectivity index (χ1) is 10.2. The van der Waals surface area contributed by atoms with Crippen LogP contribution in [0.15, 0.2) is 30.3 Å². The molecule has 1 aromatic rings. The molecule has 0 bridgehead atoms. The van der Waals surface area contributed by atoms with Crippen molar-refractivity contribution in [3.8, 4) is 0 Å². The minimum atomic E-state index is -1.46. The largest absolute Gasteiger partial charge is 0.459 e. The highest BCUT2D eigenvalue weighted by Crippen LogP contribution is 2.08. The van der Waals surface area contributed by atoms with Crippen molar-refractivity contribution in [2.24, 2.45) is 0 Å². The van der Waals surface area contributed by atoms with Crippen LogP contribution in [0.4, 0.5) is 4.79 Å². The predicted molar refractivity (Wildman–Crippen MR) is 81.1 cm³/mol. The average Bonchev–Trinajstić information content (AvgIpc) is 2.42. The summed E-state index contributed by atoms with van der Waals surface area (Å²) in [7, 11) is 0. The van der Waals surface area contributed by atoms with Crippen molar-refractivity contribution in [3.63, 3.8) is 0 Å². The quantitative estimate of drug-likeness (QED) is 0.813. The second-order valence-corrected chi connectivity index (χ2v) is 5.97. The number of hydrogen-bond acceptors (Lipinski definition) is 5. The molecule has 6 heteroatoms. The number of nitrogens with one attached hydrogen (secondary N) is 1. The molecule has 2 atom stereocenters. The molecule has 0 aliphatic heterocycles. The van der Waals surface area contributed by atoms with Gasteiger partial charge in [0, 0.05) is 0 Å². The molecule has 0 fully saturated rings. The third kappa shape index (κ3) is 6.58. The van der Waals surface area contributed by atoms with Crippen molar-refractivity contribution >= 4 is 12.1 Å². The summed E-state index contributed by atoms with van der Waals surface area (Å²) in [5.41, 5.74) is 0.165. The number of aliphatic hydroxyl groups excluding tert-OH is 1. The van der Waals surface area contributed by atoms with Crippen molar-refractivity contribution in [3.05, 3.63) is 35.9 Å². The van der Waals surface area contributed by atoms with Gasteiger partial charge in [-0.05, 0) is 33.3 Å². The molecule has 0 aliphatic rings. The van der Waals surface area contributed by atoms with Crippen LogP contribution in [0.3, 0.4) is 0 Å². The normalized spacial score (nSPS) is 13.9. The molecule has 0 unspecified atom stereocenters. The van der Waals surface area contributed by atoms with Crippen LogP contribution in [0.5, 0.6) is 0 Å². The molecule has 0 saturated heterocycles. The monoisotopic (exact) mass is 309 g/mol. The molecule has 22 heavy (non-hydrogen) atoms. The summed E-state index contributed by atoms with van der Waals surface area (Å²) in [5.74, 6) is -0.799. The maximum Gasteiger partial charge on any atom is 0.407 e. The molecule has 0 aromatic heterocycles. The predicted octanol–water partition coefficient (Wildman–Crippen LogP) is 2.00. The summed E-state index contributed by atoms with van der Waals surface area (Å²) in [6.07, 6.45) is -2.16. The fourth-order valence-electron chi connectivity index (χ4n) is 1.59. The van der Waals surface area contributed by atoms with Crippen LogP contribution in [0, 0.1) is 0 Å². The Morgan fingerprint density at radius 1 is 1.23 bits per heavy atom. The molecule has 122 valence electrons. The lowest BCUT2D eigenvalue weighted by molar-refractivity contribution is -0.156. The van der Waals surface area contributed by atoms with Crippen LogP contribution < -0.4 is 5.32 Å². The Hall–Kier alpha value is -2.08. The van der Waals surface area contributed by atoms with E-state index < -0.39 is 29.8 Å². The molecule has 1 aromatic carbocycles. The molecule has 0 spiro atoms. The standard InChI is InChI=1S/C16H23NO5/c1-11(17-15(20)22-16(2,3)4)13(18)14(19)21-10-12-8-6-5-7-9-12/h5-9,11,13,18H,10H2,1-4H3,(H,17,20)/t11-,13+/m0/s1. The zero-order valence-electron chi connectivity index (χ0n) is 13.3. The van der Waals surface area contributed by atoms with E-state index in [0.29, 0.717) is 0 Å². The number of rotatable bonds is 5. The highest BCUT2D eigenvalue weighted by Gasteiger charge is 2.27. The van der Waals surface area contributed by atoms with Gasteiger partial charge < -0.3 is 19.9 Å². The van der Waals surface area contributed by atoms with Gasteiger partial charge in [-0.15, -0.1) is 0 Å². The summed E-state index contributed by atoms with van der Waals surface area (Å²) in [6, 6.07) is 8.30. The van der Waals surface area contributed by atoms with Crippen molar-refractivity contribution in [1.82, 2.24) is 5.32 Å². The Labute approximate surface area is 130 Å². The van der Waals surface area contributed by atoms with Gasteiger partial charge in [0.05, 0.1) is 6.04 Å². The van der Waals surface area contributed by atoms with Gasteiger partial charge in [-0.3, -0.25) is 0 Å². The number of esters is 1. The SMILES string of the molecule is C[C@H](NC(=O)OC(C)(C)C)[C@@H](O)C(=O)OCc1ccccc1. The Morgan fingerprint density at radius 3 is 2.36 bits per heavy atom. The van der Waals surface area contributed by atoms with Gasteiger partial charge in [-0.2, -0.15) is 0 Å². The van der Waals surface area contributed by atoms with E-state index in [4.69, 9.17) is 9.47 Å². The van der Waals surface area contributed by atoms with E-state index in [-0.39, 0.29) is 6.61 Å². The summed E-state index contributed by atoms with van der Waals surface area (Å²) in [6.45, 7) is 6.74.